The summed E-state index contributed by atoms with van der Waals surface area (Å²) < 4.78 is 5.76. The smallest absolute Gasteiger partial charge is 0.243 e. The van der Waals surface area contributed by atoms with Gasteiger partial charge in [0.05, 0.1) is 17.8 Å². The van der Waals surface area contributed by atoms with Crippen LogP contribution in [0.1, 0.15) is 52.9 Å². The second kappa shape index (κ2) is 5.57. The molecular formula is C14H26N2O2. The standard InChI is InChI=1S/C14H26N2O2/c1-4-12-15-14(3,5-2)13(17)16(12)10-11-8-6-7-9-18-11/h11-12,15H,4-10H2,1-3H3. The van der Waals surface area contributed by atoms with E-state index in [9.17, 15) is 4.79 Å². The Balaban J connectivity index is 2.03. The zero-order chi connectivity index (χ0) is 13.2. The van der Waals surface area contributed by atoms with Crippen LogP contribution in [0.3, 0.4) is 0 Å². The molecule has 2 aliphatic rings. The number of ether oxygens (including phenoxy) is 1. The fourth-order valence-electron chi connectivity index (χ4n) is 2.92. The Bertz CT molecular complexity index is 302. The average molecular weight is 254 g/mol. The minimum Gasteiger partial charge on any atom is -0.376 e. The van der Waals surface area contributed by atoms with Crippen LogP contribution in [-0.4, -0.2) is 41.8 Å². The van der Waals surface area contributed by atoms with Crippen molar-refractivity contribution >= 4 is 5.91 Å². The number of nitrogens with zero attached hydrogens (tertiary/aromatic N) is 1. The van der Waals surface area contributed by atoms with E-state index in [1.807, 2.05) is 11.8 Å². The summed E-state index contributed by atoms with van der Waals surface area (Å²) in [5.41, 5.74) is -0.380. The van der Waals surface area contributed by atoms with Gasteiger partial charge in [0.1, 0.15) is 0 Å². The first kappa shape index (κ1) is 13.8. The zero-order valence-electron chi connectivity index (χ0n) is 11.9. The highest BCUT2D eigenvalue weighted by Crippen LogP contribution is 2.26. The molecule has 0 saturated carbocycles. The molecule has 2 heterocycles. The molecule has 104 valence electrons. The van der Waals surface area contributed by atoms with E-state index >= 15 is 0 Å². The third kappa shape index (κ3) is 2.54. The van der Waals surface area contributed by atoms with Crippen LogP contribution in [0, 0.1) is 0 Å². The highest BCUT2D eigenvalue weighted by Gasteiger charge is 2.46. The Morgan fingerprint density at radius 1 is 1.44 bits per heavy atom. The quantitative estimate of drug-likeness (QED) is 0.833. The Morgan fingerprint density at radius 2 is 2.22 bits per heavy atom. The van der Waals surface area contributed by atoms with Crippen molar-refractivity contribution in [3.05, 3.63) is 0 Å². The molecule has 0 aliphatic carbocycles. The summed E-state index contributed by atoms with van der Waals surface area (Å²) in [5.74, 6) is 0.242. The molecule has 0 radical (unpaired) electrons. The van der Waals surface area contributed by atoms with Gasteiger partial charge in [-0.05, 0) is 39.0 Å². The maximum atomic E-state index is 12.5. The third-order valence-electron chi connectivity index (χ3n) is 4.36. The number of carbonyl (C=O) groups excluding carboxylic acids is 1. The van der Waals surface area contributed by atoms with Crippen LogP contribution in [0.5, 0.6) is 0 Å². The van der Waals surface area contributed by atoms with Crippen molar-refractivity contribution in [1.29, 1.82) is 0 Å². The Hall–Kier alpha value is -0.610. The van der Waals surface area contributed by atoms with Crippen LogP contribution in [0.15, 0.2) is 0 Å². The molecule has 1 N–H and O–H groups in total. The molecule has 3 unspecified atom stereocenters. The lowest BCUT2D eigenvalue weighted by atomic mass is 9.99. The molecule has 0 aromatic carbocycles. The average Bonchev–Trinajstić information content (AvgIpc) is 2.65. The van der Waals surface area contributed by atoms with Crippen LogP contribution in [0.25, 0.3) is 0 Å². The van der Waals surface area contributed by atoms with Gasteiger partial charge < -0.3 is 9.64 Å². The van der Waals surface area contributed by atoms with Gasteiger partial charge in [0.25, 0.3) is 0 Å². The second-order valence-corrected chi connectivity index (χ2v) is 5.70. The van der Waals surface area contributed by atoms with Crippen molar-refractivity contribution in [2.75, 3.05) is 13.2 Å². The van der Waals surface area contributed by atoms with Crippen molar-refractivity contribution in [2.45, 2.75) is 70.7 Å². The fraction of sp³-hybridized carbons (Fsp3) is 0.929. The largest absolute Gasteiger partial charge is 0.376 e. The summed E-state index contributed by atoms with van der Waals surface area (Å²) in [6, 6.07) is 0. The SMILES string of the molecule is CCC1NC(C)(CC)C(=O)N1CC1CCCCO1. The van der Waals surface area contributed by atoms with Gasteiger partial charge in [-0.1, -0.05) is 13.8 Å². The number of hydrogen-bond acceptors (Lipinski definition) is 3. The molecule has 2 fully saturated rings. The minimum absolute atomic E-state index is 0.174. The summed E-state index contributed by atoms with van der Waals surface area (Å²) in [6.45, 7) is 7.81. The molecule has 18 heavy (non-hydrogen) atoms. The molecule has 2 aliphatic heterocycles. The molecule has 0 bridgehead atoms. The topological polar surface area (TPSA) is 41.6 Å². The molecule has 2 rings (SSSR count). The Morgan fingerprint density at radius 3 is 2.78 bits per heavy atom. The highest BCUT2D eigenvalue weighted by atomic mass is 16.5. The summed E-state index contributed by atoms with van der Waals surface area (Å²) in [6.07, 6.45) is 5.67. The molecule has 2 saturated heterocycles. The lowest BCUT2D eigenvalue weighted by Gasteiger charge is -2.30. The van der Waals surface area contributed by atoms with E-state index in [0.29, 0.717) is 0 Å². The molecular weight excluding hydrogens is 228 g/mol. The van der Waals surface area contributed by atoms with Gasteiger partial charge in [0, 0.05) is 13.2 Å². The second-order valence-electron chi connectivity index (χ2n) is 5.70. The summed E-state index contributed by atoms with van der Waals surface area (Å²) in [5, 5.41) is 3.48. The molecule has 0 aromatic heterocycles. The highest BCUT2D eigenvalue weighted by molar-refractivity contribution is 5.88. The minimum atomic E-state index is -0.380. The molecule has 1 amide bonds. The summed E-state index contributed by atoms with van der Waals surface area (Å²) >= 11 is 0. The molecule has 0 spiro atoms. The van der Waals surface area contributed by atoms with E-state index in [0.717, 1.165) is 38.8 Å². The van der Waals surface area contributed by atoms with E-state index in [-0.39, 0.29) is 23.7 Å². The van der Waals surface area contributed by atoms with Crippen molar-refractivity contribution in [2.24, 2.45) is 0 Å². The lowest BCUT2D eigenvalue weighted by Crippen LogP contribution is -2.44. The predicted molar refractivity (Wildman–Crippen MR) is 71.2 cm³/mol. The molecule has 4 nitrogen and oxygen atoms in total. The van der Waals surface area contributed by atoms with Gasteiger partial charge in [-0.3, -0.25) is 10.1 Å². The Labute approximate surface area is 110 Å². The van der Waals surface area contributed by atoms with Gasteiger partial charge in [0.15, 0.2) is 0 Å². The summed E-state index contributed by atoms with van der Waals surface area (Å²) in [4.78, 5) is 14.5. The zero-order valence-corrected chi connectivity index (χ0v) is 11.9. The van der Waals surface area contributed by atoms with E-state index in [2.05, 4.69) is 19.2 Å². The van der Waals surface area contributed by atoms with Crippen molar-refractivity contribution in [3.8, 4) is 0 Å². The van der Waals surface area contributed by atoms with Gasteiger partial charge in [0.2, 0.25) is 5.91 Å². The van der Waals surface area contributed by atoms with Crippen LogP contribution < -0.4 is 5.32 Å². The van der Waals surface area contributed by atoms with Crippen molar-refractivity contribution < 1.29 is 9.53 Å². The number of hydrogen-bond donors (Lipinski definition) is 1. The maximum Gasteiger partial charge on any atom is 0.243 e. The third-order valence-corrected chi connectivity index (χ3v) is 4.36. The maximum absolute atomic E-state index is 12.5. The predicted octanol–water partition coefficient (Wildman–Crippen LogP) is 1.89. The van der Waals surface area contributed by atoms with Gasteiger partial charge in [-0.15, -0.1) is 0 Å². The Kier molecular flexibility index (Phi) is 4.28. The monoisotopic (exact) mass is 254 g/mol. The normalized spacial score (nSPS) is 37.3. The van der Waals surface area contributed by atoms with Crippen LogP contribution in [-0.2, 0) is 9.53 Å². The first-order valence-electron chi connectivity index (χ1n) is 7.31. The number of nitrogens with one attached hydrogen (secondary N) is 1. The van der Waals surface area contributed by atoms with Crippen LogP contribution >= 0.6 is 0 Å². The van der Waals surface area contributed by atoms with E-state index < -0.39 is 0 Å². The fourth-order valence-corrected chi connectivity index (χ4v) is 2.92. The first-order valence-corrected chi connectivity index (χ1v) is 7.31. The van der Waals surface area contributed by atoms with E-state index in [1.165, 1.54) is 6.42 Å². The number of amides is 1. The van der Waals surface area contributed by atoms with Crippen LogP contribution in [0.4, 0.5) is 0 Å². The van der Waals surface area contributed by atoms with Gasteiger partial charge in [-0.2, -0.15) is 0 Å². The molecule has 0 aromatic rings. The van der Waals surface area contributed by atoms with E-state index in [4.69, 9.17) is 4.74 Å². The van der Waals surface area contributed by atoms with Gasteiger partial charge >= 0.3 is 0 Å². The van der Waals surface area contributed by atoms with Crippen molar-refractivity contribution in [3.63, 3.8) is 0 Å². The van der Waals surface area contributed by atoms with Crippen LogP contribution in [0.2, 0.25) is 0 Å². The van der Waals surface area contributed by atoms with Crippen molar-refractivity contribution in [1.82, 2.24) is 10.2 Å². The molecule has 4 heteroatoms. The number of rotatable bonds is 4. The summed E-state index contributed by atoms with van der Waals surface area (Å²) in [7, 11) is 0. The van der Waals surface area contributed by atoms with E-state index in [1.54, 1.807) is 0 Å². The number of carbonyl (C=O) groups is 1. The molecule has 3 atom stereocenters. The first-order chi connectivity index (χ1) is 8.60. The van der Waals surface area contributed by atoms with Gasteiger partial charge in [-0.25, -0.2) is 0 Å². The lowest BCUT2D eigenvalue weighted by molar-refractivity contribution is -0.135.